The second-order valence-electron chi connectivity index (χ2n) is 5.71. The molecule has 20 heavy (non-hydrogen) atoms. The van der Waals surface area contributed by atoms with E-state index in [4.69, 9.17) is 9.47 Å². The third-order valence-electron chi connectivity index (χ3n) is 4.75. The van der Waals surface area contributed by atoms with Gasteiger partial charge in [-0.05, 0) is 6.42 Å². The minimum atomic E-state index is -0.953. The van der Waals surface area contributed by atoms with Crippen LogP contribution >= 0.6 is 0 Å². The Bertz CT molecular complexity index is 548. The molecule has 2 saturated heterocycles. The number of fused-ring (bicyclic) bond motifs is 2. The van der Waals surface area contributed by atoms with Crippen LogP contribution in [-0.2, 0) is 19.1 Å². The van der Waals surface area contributed by atoms with Crippen LogP contribution in [0.4, 0.5) is 0 Å². The normalized spacial score (nSPS) is 43.5. The van der Waals surface area contributed by atoms with E-state index in [0.29, 0.717) is 6.42 Å². The van der Waals surface area contributed by atoms with Crippen molar-refractivity contribution in [2.45, 2.75) is 18.6 Å². The topological polar surface area (TPSA) is 72.8 Å². The van der Waals surface area contributed by atoms with Crippen molar-refractivity contribution in [3.8, 4) is 0 Å². The van der Waals surface area contributed by atoms with Crippen molar-refractivity contribution in [1.29, 1.82) is 0 Å². The highest BCUT2D eigenvalue weighted by Gasteiger charge is 2.60. The summed E-state index contributed by atoms with van der Waals surface area (Å²) in [6, 6.07) is 0. The lowest BCUT2D eigenvalue weighted by atomic mass is 9.57. The standard InChI is InChI=1S/C15H16O5/c1-4-15-5-9-10(7(2)14(18)20-9)12(16)11(15)8(3)13(17)19-6-15/h4,9-12,16H,1-3,5-6H2/t9-,10+,11+,12-,15-/m0/s1. The predicted molar refractivity (Wildman–Crippen MR) is 69.4 cm³/mol. The molecule has 2 heterocycles. The summed E-state index contributed by atoms with van der Waals surface area (Å²) < 4.78 is 10.4. The molecule has 0 aromatic rings. The van der Waals surface area contributed by atoms with E-state index >= 15 is 0 Å². The molecule has 5 nitrogen and oxygen atoms in total. The van der Waals surface area contributed by atoms with Crippen LogP contribution in [0.25, 0.3) is 0 Å². The Morgan fingerprint density at radius 3 is 2.60 bits per heavy atom. The van der Waals surface area contributed by atoms with E-state index in [2.05, 4.69) is 19.7 Å². The number of carbonyl (C=O) groups excluding carboxylic acids is 2. The van der Waals surface area contributed by atoms with Gasteiger partial charge < -0.3 is 14.6 Å². The Balaban J connectivity index is 2.06. The first-order valence-corrected chi connectivity index (χ1v) is 6.48. The molecule has 0 radical (unpaired) electrons. The Morgan fingerprint density at radius 2 is 1.95 bits per heavy atom. The molecule has 0 unspecified atom stereocenters. The van der Waals surface area contributed by atoms with Crippen LogP contribution in [0.5, 0.6) is 0 Å². The first-order valence-electron chi connectivity index (χ1n) is 6.48. The predicted octanol–water partition coefficient (Wildman–Crippen LogP) is 0.750. The minimum absolute atomic E-state index is 0.114. The first kappa shape index (κ1) is 13.1. The van der Waals surface area contributed by atoms with Crippen LogP contribution in [-0.4, -0.2) is 35.9 Å². The number of aliphatic hydroxyl groups is 1. The molecule has 1 saturated carbocycles. The third kappa shape index (κ3) is 1.47. The summed E-state index contributed by atoms with van der Waals surface area (Å²) in [5.74, 6) is -2.02. The molecule has 0 amide bonds. The molecule has 3 aliphatic rings. The number of rotatable bonds is 1. The number of carbonyl (C=O) groups is 2. The number of ether oxygens (including phenoxy) is 2. The van der Waals surface area contributed by atoms with Crippen molar-refractivity contribution >= 4 is 11.9 Å². The molecule has 2 aliphatic heterocycles. The fourth-order valence-corrected chi connectivity index (χ4v) is 3.68. The number of hydrogen-bond donors (Lipinski definition) is 1. The first-order chi connectivity index (χ1) is 9.41. The van der Waals surface area contributed by atoms with E-state index in [1.165, 1.54) is 0 Å². The summed E-state index contributed by atoms with van der Waals surface area (Å²) in [6.45, 7) is 11.4. The molecule has 5 atom stereocenters. The van der Waals surface area contributed by atoms with Gasteiger partial charge in [-0.15, -0.1) is 6.58 Å². The molecule has 3 rings (SSSR count). The van der Waals surface area contributed by atoms with Crippen molar-refractivity contribution in [1.82, 2.24) is 0 Å². The lowest BCUT2D eigenvalue weighted by molar-refractivity contribution is -0.166. The Kier molecular flexibility index (Phi) is 2.66. The summed E-state index contributed by atoms with van der Waals surface area (Å²) in [6.07, 6.45) is 0.707. The molecular formula is C15H16O5. The summed E-state index contributed by atoms with van der Waals surface area (Å²) in [5, 5.41) is 10.6. The summed E-state index contributed by atoms with van der Waals surface area (Å²) in [7, 11) is 0. The number of hydrogen-bond acceptors (Lipinski definition) is 5. The highest BCUT2D eigenvalue weighted by Crippen LogP contribution is 2.54. The number of aliphatic hydroxyl groups excluding tert-OH is 1. The van der Waals surface area contributed by atoms with Crippen molar-refractivity contribution < 1.29 is 24.2 Å². The minimum Gasteiger partial charge on any atom is -0.461 e. The molecule has 0 bridgehead atoms. The van der Waals surface area contributed by atoms with Crippen LogP contribution in [0.1, 0.15) is 6.42 Å². The van der Waals surface area contributed by atoms with Crippen LogP contribution in [0.3, 0.4) is 0 Å². The van der Waals surface area contributed by atoms with Gasteiger partial charge in [0, 0.05) is 22.5 Å². The zero-order valence-electron chi connectivity index (χ0n) is 11.0. The Labute approximate surface area is 116 Å². The van der Waals surface area contributed by atoms with Gasteiger partial charge in [0.1, 0.15) is 12.7 Å². The molecule has 1 N–H and O–H groups in total. The smallest absolute Gasteiger partial charge is 0.334 e. The van der Waals surface area contributed by atoms with Crippen LogP contribution in [0, 0.1) is 17.3 Å². The fourth-order valence-electron chi connectivity index (χ4n) is 3.68. The molecule has 1 aliphatic carbocycles. The molecule has 0 aromatic carbocycles. The van der Waals surface area contributed by atoms with Crippen molar-refractivity contribution in [2.24, 2.45) is 17.3 Å². The maximum atomic E-state index is 11.7. The molecule has 3 fully saturated rings. The second kappa shape index (κ2) is 4.06. The fraction of sp³-hybridized carbons (Fsp3) is 0.467. The van der Waals surface area contributed by atoms with E-state index in [1.54, 1.807) is 6.08 Å². The van der Waals surface area contributed by atoms with E-state index in [-0.39, 0.29) is 17.8 Å². The average Bonchev–Trinajstić information content (AvgIpc) is 2.69. The molecule has 5 heteroatoms. The number of esters is 2. The quantitative estimate of drug-likeness (QED) is 0.434. The third-order valence-corrected chi connectivity index (χ3v) is 4.75. The van der Waals surface area contributed by atoms with Crippen molar-refractivity contribution in [2.75, 3.05) is 6.61 Å². The Hall–Kier alpha value is -1.88. The van der Waals surface area contributed by atoms with Gasteiger partial charge in [0.15, 0.2) is 0 Å². The molecule has 0 aromatic heterocycles. The van der Waals surface area contributed by atoms with E-state index in [1.807, 2.05) is 0 Å². The zero-order valence-corrected chi connectivity index (χ0v) is 11.0. The van der Waals surface area contributed by atoms with Crippen molar-refractivity contribution in [3.05, 3.63) is 37.0 Å². The van der Waals surface area contributed by atoms with Crippen LogP contribution in [0.15, 0.2) is 37.0 Å². The van der Waals surface area contributed by atoms with Crippen LogP contribution < -0.4 is 0 Å². The maximum Gasteiger partial charge on any atom is 0.334 e. The molecule has 0 spiro atoms. The highest BCUT2D eigenvalue weighted by molar-refractivity contribution is 5.92. The highest BCUT2D eigenvalue weighted by atomic mass is 16.6. The van der Waals surface area contributed by atoms with E-state index in [9.17, 15) is 14.7 Å². The largest absolute Gasteiger partial charge is 0.461 e. The average molecular weight is 276 g/mol. The SMILES string of the molecule is C=C[C@]12COC(=O)C(=C)[C@@H]1[C@@H](O)[C@@H]1C(=C)C(=O)O[C@H]1C2. The van der Waals surface area contributed by atoms with Crippen LogP contribution in [0.2, 0.25) is 0 Å². The van der Waals surface area contributed by atoms with Crippen molar-refractivity contribution in [3.63, 3.8) is 0 Å². The zero-order chi connectivity index (χ0) is 14.7. The lowest BCUT2D eigenvalue weighted by Crippen LogP contribution is -2.56. The second-order valence-corrected chi connectivity index (χ2v) is 5.71. The Morgan fingerprint density at radius 1 is 1.25 bits per heavy atom. The van der Waals surface area contributed by atoms with Gasteiger partial charge in [0.05, 0.1) is 12.0 Å². The summed E-state index contributed by atoms with van der Waals surface area (Å²) >= 11 is 0. The van der Waals surface area contributed by atoms with Gasteiger partial charge in [-0.25, -0.2) is 9.59 Å². The van der Waals surface area contributed by atoms with E-state index < -0.39 is 41.4 Å². The van der Waals surface area contributed by atoms with Gasteiger partial charge in [0.2, 0.25) is 0 Å². The van der Waals surface area contributed by atoms with Gasteiger partial charge in [-0.2, -0.15) is 0 Å². The molecule has 106 valence electrons. The monoisotopic (exact) mass is 276 g/mol. The lowest BCUT2D eigenvalue weighted by Gasteiger charge is -2.50. The molecular weight excluding hydrogens is 260 g/mol. The van der Waals surface area contributed by atoms with Gasteiger partial charge in [-0.3, -0.25) is 0 Å². The van der Waals surface area contributed by atoms with Gasteiger partial charge in [0.25, 0.3) is 0 Å². The number of cyclic esters (lactones) is 1. The van der Waals surface area contributed by atoms with Gasteiger partial charge >= 0.3 is 11.9 Å². The van der Waals surface area contributed by atoms with Gasteiger partial charge in [-0.1, -0.05) is 19.2 Å². The maximum absolute atomic E-state index is 11.7. The summed E-state index contributed by atoms with van der Waals surface area (Å²) in [5.41, 5.74) is -0.169. The van der Waals surface area contributed by atoms with E-state index in [0.717, 1.165) is 0 Å². The summed E-state index contributed by atoms with van der Waals surface area (Å²) in [4.78, 5) is 23.4.